The average molecular weight is 329 g/mol. The third kappa shape index (κ3) is 3.42. The molecule has 0 aromatic carbocycles. The van der Waals surface area contributed by atoms with Crippen LogP contribution in [0.25, 0.3) is 0 Å². The van der Waals surface area contributed by atoms with Gasteiger partial charge < -0.3 is 9.47 Å². The molecule has 0 saturated carbocycles. The Kier molecular flexibility index (Phi) is 4.20. The predicted molar refractivity (Wildman–Crippen MR) is 87.5 cm³/mol. The smallest absolute Gasteiger partial charge is 0.316 e. The fourth-order valence-electron chi connectivity index (χ4n) is 3.80. The van der Waals surface area contributed by atoms with E-state index < -0.39 is 0 Å². The van der Waals surface area contributed by atoms with Crippen molar-refractivity contribution in [3.8, 4) is 6.01 Å². The highest BCUT2D eigenvalue weighted by molar-refractivity contribution is 5.05. The minimum atomic E-state index is -0.0973. The van der Waals surface area contributed by atoms with Gasteiger partial charge in [-0.25, -0.2) is 9.97 Å². The molecule has 0 radical (unpaired) electrons. The van der Waals surface area contributed by atoms with Gasteiger partial charge in [0.2, 0.25) is 0 Å². The molecule has 0 bridgehead atoms. The molecule has 7 heteroatoms. The Bertz CT molecular complexity index is 677. The maximum atomic E-state index is 6.20. The summed E-state index contributed by atoms with van der Waals surface area (Å²) in [6, 6.07) is 2.22. The first-order chi connectivity index (χ1) is 11.7. The molecular formula is C17H23N5O2. The number of ether oxygens (including phenoxy) is 2. The van der Waals surface area contributed by atoms with E-state index in [1.54, 1.807) is 18.5 Å². The Morgan fingerprint density at radius 2 is 2.25 bits per heavy atom. The average Bonchev–Trinajstić information content (AvgIpc) is 3.15. The van der Waals surface area contributed by atoms with Gasteiger partial charge >= 0.3 is 6.01 Å². The number of hydrogen-bond acceptors (Lipinski definition) is 6. The molecule has 2 atom stereocenters. The summed E-state index contributed by atoms with van der Waals surface area (Å²) in [6.07, 6.45) is 10.6. The van der Waals surface area contributed by atoms with Crippen molar-refractivity contribution in [2.45, 2.75) is 37.5 Å². The first-order valence-electron chi connectivity index (χ1n) is 8.48. The van der Waals surface area contributed by atoms with E-state index in [1.165, 1.54) is 5.56 Å². The van der Waals surface area contributed by atoms with E-state index in [2.05, 4.69) is 26.2 Å². The molecule has 7 nitrogen and oxygen atoms in total. The topological polar surface area (TPSA) is 65.3 Å². The molecule has 2 fully saturated rings. The van der Waals surface area contributed by atoms with Crippen LogP contribution in [0.15, 0.2) is 30.9 Å². The Balaban J connectivity index is 1.36. The lowest BCUT2D eigenvalue weighted by Gasteiger charge is -2.39. The SMILES string of the molecule is Cn1cc(CN2CCC[C@@]3(C[C@@H](Oc4ncccn4)CO3)C2)cn1. The largest absolute Gasteiger partial charge is 0.458 e. The molecule has 0 amide bonds. The number of nitrogens with zero attached hydrogens (tertiary/aromatic N) is 5. The van der Waals surface area contributed by atoms with Crippen molar-refractivity contribution >= 4 is 0 Å². The number of hydrogen-bond donors (Lipinski definition) is 0. The summed E-state index contributed by atoms with van der Waals surface area (Å²) in [5, 5.41) is 4.25. The normalized spacial score (nSPS) is 27.6. The van der Waals surface area contributed by atoms with Crippen molar-refractivity contribution in [3.63, 3.8) is 0 Å². The number of rotatable bonds is 4. The fourth-order valence-corrected chi connectivity index (χ4v) is 3.80. The quantitative estimate of drug-likeness (QED) is 0.845. The summed E-state index contributed by atoms with van der Waals surface area (Å²) in [4.78, 5) is 10.7. The van der Waals surface area contributed by atoms with Crippen LogP contribution < -0.4 is 4.74 Å². The third-order valence-electron chi connectivity index (χ3n) is 4.77. The van der Waals surface area contributed by atoms with Gasteiger partial charge in [-0.15, -0.1) is 0 Å². The molecule has 4 heterocycles. The van der Waals surface area contributed by atoms with Crippen LogP contribution >= 0.6 is 0 Å². The zero-order valence-corrected chi connectivity index (χ0v) is 14.0. The van der Waals surface area contributed by atoms with Gasteiger partial charge in [0.1, 0.15) is 6.10 Å². The highest BCUT2D eigenvalue weighted by Gasteiger charge is 2.44. The van der Waals surface area contributed by atoms with Gasteiger partial charge in [-0.1, -0.05) is 0 Å². The van der Waals surface area contributed by atoms with Crippen molar-refractivity contribution in [2.75, 3.05) is 19.7 Å². The zero-order valence-electron chi connectivity index (χ0n) is 14.0. The van der Waals surface area contributed by atoms with E-state index in [0.29, 0.717) is 12.6 Å². The first kappa shape index (κ1) is 15.5. The number of piperidine rings is 1. The zero-order chi connectivity index (χ0) is 16.4. The summed E-state index contributed by atoms with van der Waals surface area (Å²) < 4.78 is 13.9. The summed E-state index contributed by atoms with van der Waals surface area (Å²) >= 11 is 0. The maximum Gasteiger partial charge on any atom is 0.316 e. The number of aromatic nitrogens is 4. The van der Waals surface area contributed by atoms with E-state index in [9.17, 15) is 0 Å². The molecule has 0 aliphatic carbocycles. The Morgan fingerprint density at radius 3 is 3.04 bits per heavy atom. The van der Waals surface area contributed by atoms with E-state index in [1.807, 2.05) is 17.9 Å². The molecule has 2 aliphatic heterocycles. The van der Waals surface area contributed by atoms with Crippen LogP contribution in [0.2, 0.25) is 0 Å². The maximum absolute atomic E-state index is 6.20. The first-order valence-corrected chi connectivity index (χ1v) is 8.48. The lowest BCUT2D eigenvalue weighted by molar-refractivity contribution is -0.0538. The Hall–Kier alpha value is -1.99. The molecule has 0 N–H and O–H groups in total. The van der Waals surface area contributed by atoms with Crippen molar-refractivity contribution in [3.05, 3.63) is 36.4 Å². The van der Waals surface area contributed by atoms with Crippen LogP contribution in [-0.2, 0) is 18.3 Å². The molecule has 2 saturated heterocycles. The highest BCUT2D eigenvalue weighted by atomic mass is 16.6. The van der Waals surface area contributed by atoms with Crippen LogP contribution in [0.1, 0.15) is 24.8 Å². The minimum absolute atomic E-state index is 0.0331. The van der Waals surface area contributed by atoms with Gasteiger partial charge in [0.25, 0.3) is 0 Å². The molecule has 128 valence electrons. The van der Waals surface area contributed by atoms with Gasteiger partial charge in [-0.2, -0.15) is 5.10 Å². The van der Waals surface area contributed by atoms with Crippen LogP contribution in [0.3, 0.4) is 0 Å². The molecule has 0 unspecified atom stereocenters. The molecule has 24 heavy (non-hydrogen) atoms. The second-order valence-electron chi connectivity index (χ2n) is 6.81. The molecule has 4 rings (SSSR count). The summed E-state index contributed by atoms with van der Waals surface area (Å²) in [7, 11) is 1.95. The highest BCUT2D eigenvalue weighted by Crippen LogP contribution is 2.36. The van der Waals surface area contributed by atoms with E-state index in [0.717, 1.165) is 38.9 Å². The number of likely N-dealkylation sites (tertiary alicyclic amines) is 1. The fraction of sp³-hybridized carbons (Fsp3) is 0.588. The standard InChI is InChI=1S/C17H23N5O2/c1-21-10-14(9-20-21)11-22-7-2-4-17(13-22)8-15(12-23-17)24-16-18-5-3-6-19-16/h3,5-6,9-10,15H,2,4,7-8,11-13H2,1H3/t15-,17-/m1/s1. The van der Waals surface area contributed by atoms with Gasteiger partial charge in [-0.05, 0) is 25.5 Å². The van der Waals surface area contributed by atoms with Crippen LogP contribution in [0, 0.1) is 0 Å². The van der Waals surface area contributed by atoms with Crippen molar-refractivity contribution < 1.29 is 9.47 Å². The molecule has 2 aromatic heterocycles. The minimum Gasteiger partial charge on any atom is -0.458 e. The molecule has 2 aliphatic rings. The lowest BCUT2D eigenvalue weighted by atomic mass is 9.89. The van der Waals surface area contributed by atoms with Gasteiger partial charge in [0.05, 0.1) is 18.4 Å². The van der Waals surface area contributed by atoms with Crippen LogP contribution in [0.4, 0.5) is 0 Å². The molecular weight excluding hydrogens is 306 g/mol. The lowest BCUT2D eigenvalue weighted by Crippen LogP contribution is -2.47. The predicted octanol–water partition coefficient (Wildman–Crippen LogP) is 1.41. The summed E-state index contributed by atoms with van der Waals surface area (Å²) in [5.41, 5.74) is 1.15. The third-order valence-corrected chi connectivity index (χ3v) is 4.77. The summed E-state index contributed by atoms with van der Waals surface area (Å²) in [5.74, 6) is 0. The van der Waals surface area contributed by atoms with Crippen molar-refractivity contribution in [1.29, 1.82) is 0 Å². The van der Waals surface area contributed by atoms with Crippen molar-refractivity contribution in [2.24, 2.45) is 7.05 Å². The van der Waals surface area contributed by atoms with E-state index >= 15 is 0 Å². The second-order valence-corrected chi connectivity index (χ2v) is 6.81. The number of aryl methyl sites for hydroxylation is 1. The van der Waals surface area contributed by atoms with Crippen LogP contribution in [-0.4, -0.2) is 56.0 Å². The molecule has 1 spiro atoms. The molecule has 2 aromatic rings. The van der Waals surface area contributed by atoms with Gasteiger partial charge in [-0.3, -0.25) is 9.58 Å². The van der Waals surface area contributed by atoms with Crippen LogP contribution in [0.5, 0.6) is 6.01 Å². The second kappa shape index (κ2) is 6.49. The van der Waals surface area contributed by atoms with Gasteiger partial charge in [0.15, 0.2) is 0 Å². The Morgan fingerprint density at radius 1 is 1.38 bits per heavy atom. The monoisotopic (exact) mass is 329 g/mol. The van der Waals surface area contributed by atoms with Gasteiger partial charge in [0, 0.05) is 50.7 Å². The van der Waals surface area contributed by atoms with E-state index in [-0.39, 0.29) is 11.7 Å². The Labute approximate surface area is 141 Å². The van der Waals surface area contributed by atoms with Crippen molar-refractivity contribution in [1.82, 2.24) is 24.6 Å². The van der Waals surface area contributed by atoms with E-state index in [4.69, 9.17) is 9.47 Å². The summed E-state index contributed by atoms with van der Waals surface area (Å²) in [6.45, 7) is 3.58.